The fourth-order valence-corrected chi connectivity index (χ4v) is 5.81. The first-order valence-electron chi connectivity index (χ1n) is 11.6. The lowest BCUT2D eigenvalue weighted by Gasteiger charge is -2.36. The van der Waals surface area contributed by atoms with Gasteiger partial charge in [0.1, 0.15) is 0 Å². The lowest BCUT2D eigenvalue weighted by atomic mass is 9.73. The Morgan fingerprint density at radius 3 is 2.70 bits per heavy atom. The van der Waals surface area contributed by atoms with E-state index in [1.165, 1.54) is 11.1 Å². The molecule has 0 radical (unpaired) electrons. The van der Waals surface area contributed by atoms with Gasteiger partial charge in [-0.15, -0.1) is 0 Å². The Bertz CT molecular complexity index is 1340. The lowest BCUT2D eigenvalue weighted by molar-refractivity contribution is -0.0697. The average Bonchev–Trinajstić information content (AvgIpc) is 3.38. The number of carbonyl (C=O) groups excluding carboxylic acids is 1. The van der Waals surface area contributed by atoms with E-state index >= 15 is 0 Å². The Hall–Kier alpha value is -2.95. The molecule has 4 aromatic rings. The molecule has 3 heterocycles. The van der Waals surface area contributed by atoms with Crippen LogP contribution in [0, 0.1) is 5.92 Å². The quantitative estimate of drug-likeness (QED) is 0.327. The predicted octanol–water partition coefficient (Wildman–Crippen LogP) is 6.54. The van der Waals surface area contributed by atoms with Gasteiger partial charge in [-0.2, -0.15) is 0 Å². The molecular weight excluding hydrogens is 432 g/mol. The number of pyridine rings is 1. The van der Waals surface area contributed by atoms with E-state index in [4.69, 9.17) is 16.3 Å². The van der Waals surface area contributed by atoms with Gasteiger partial charge in [-0.25, -0.2) is 0 Å². The minimum atomic E-state index is -0.212. The van der Waals surface area contributed by atoms with Crippen molar-refractivity contribution in [1.82, 2.24) is 9.55 Å². The van der Waals surface area contributed by atoms with Gasteiger partial charge < -0.3 is 9.30 Å². The van der Waals surface area contributed by atoms with E-state index in [0.717, 1.165) is 47.7 Å². The Balaban J connectivity index is 1.28. The van der Waals surface area contributed by atoms with Crippen molar-refractivity contribution < 1.29 is 9.53 Å². The van der Waals surface area contributed by atoms with Crippen molar-refractivity contribution in [1.29, 1.82) is 0 Å². The number of rotatable bonds is 4. The van der Waals surface area contributed by atoms with Crippen LogP contribution in [0.2, 0.25) is 5.02 Å². The zero-order valence-corrected chi connectivity index (χ0v) is 19.1. The Morgan fingerprint density at radius 1 is 1.09 bits per heavy atom. The average molecular weight is 457 g/mol. The summed E-state index contributed by atoms with van der Waals surface area (Å²) in [6.45, 7) is 1.35. The summed E-state index contributed by atoms with van der Waals surface area (Å²) in [6, 6.07) is 18.3. The SMILES string of the molecule is O=C(c1cn(Cc2ccncc2)c2cc(Cl)ccc12)C1CCC2(CC1)OCc1ccccc12. The molecule has 166 valence electrons. The number of hydrogen-bond donors (Lipinski definition) is 0. The number of benzene rings is 2. The second-order valence-electron chi connectivity index (χ2n) is 9.27. The van der Waals surface area contributed by atoms with E-state index in [0.29, 0.717) is 18.2 Å². The Morgan fingerprint density at radius 2 is 1.88 bits per heavy atom. The molecule has 6 rings (SSSR count). The fourth-order valence-electron chi connectivity index (χ4n) is 5.64. The molecule has 1 aliphatic carbocycles. The molecule has 1 spiro atoms. The number of ether oxygens (including phenoxy) is 1. The van der Waals surface area contributed by atoms with E-state index in [9.17, 15) is 4.79 Å². The molecule has 0 atom stereocenters. The van der Waals surface area contributed by atoms with Crippen LogP contribution in [-0.4, -0.2) is 15.3 Å². The molecule has 0 unspecified atom stereocenters. The number of fused-ring (bicyclic) bond motifs is 3. The largest absolute Gasteiger partial charge is 0.366 e. The van der Waals surface area contributed by atoms with Crippen LogP contribution in [0.15, 0.2) is 73.2 Å². The molecule has 2 aromatic carbocycles. The zero-order chi connectivity index (χ0) is 22.4. The highest BCUT2D eigenvalue weighted by atomic mass is 35.5. The van der Waals surface area contributed by atoms with Crippen molar-refractivity contribution >= 4 is 28.3 Å². The Labute approximate surface area is 198 Å². The van der Waals surface area contributed by atoms with Crippen molar-refractivity contribution in [2.45, 2.75) is 44.4 Å². The summed E-state index contributed by atoms with van der Waals surface area (Å²) >= 11 is 6.32. The summed E-state index contributed by atoms with van der Waals surface area (Å²) in [7, 11) is 0. The highest BCUT2D eigenvalue weighted by molar-refractivity contribution is 6.31. The summed E-state index contributed by atoms with van der Waals surface area (Å²) in [4.78, 5) is 17.8. The van der Waals surface area contributed by atoms with Gasteiger partial charge in [0.2, 0.25) is 0 Å². The van der Waals surface area contributed by atoms with E-state index in [2.05, 4.69) is 33.8 Å². The van der Waals surface area contributed by atoms with Crippen LogP contribution in [-0.2, 0) is 23.5 Å². The maximum Gasteiger partial charge on any atom is 0.168 e. The standard InChI is InChI=1S/C28H25ClN2O2/c29-22-5-6-23-24(17-31(26(23)15-22)16-19-9-13-30-14-10-19)27(32)20-7-11-28(12-8-20)25-4-2-1-3-21(25)18-33-28/h1-6,9-10,13-15,17,20H,7-8,11-12,16,18H2. The minimum absolute atomic E-state index is 0.0163. The van der Waals surface area contributed by atoms with Crippen LogP contribution in [0.5, 0.6) is 0 Å². The highest BCUT2D eigenvalue weighted by Gasteiger charge is 2.44. The molecular formula is C28H25ClN2O2. The number of halogens is 1. The first-order valence-corrected chi connectivity index (χ1v) is 11.9. The summed E-state index contributed by atoms with van der Waals surface area (Å²) in [5.74, 6) is 0.250. The van der Waals surface area contributed by atoms with Crippen LogP contribution in [0.4, 0.5) is 0 Å². The molecule has 0 amide bonds. The van der Waals surface area contributed by atoms with Crippen molar-refractivity contribution in [3.63, 3.8) is 0 Å². The maximum atomic E-state index is 13.7. The van der Waals surface area contributed by atoms with Gasteiger partial charge in [-0.1, -0.05) is 41.9 Å². The van der Waals surface area contributed by atoms with Crippen molar-refractivity contribution in [2.75, 3.05) is 0 Å². The van der Waals surface area contributed by atoms with Crippen LogP contribution in [0.3, 0.4) is 0 Å². The molecule has 0 saturated heterocycles. The number of nitrogens with zero attached hydrogens (tertiary/aromatic N) is 2. The Kier molecular flexibility index (Phi) is 5.08. The first-order chi connectivity index (χ1) is 16.1. The second-order valence-corrected chi connectivity index (χ2v) is 9.70. The van der Waals surface area contributed by atoms with Gasteiger partial charge in [0.05, 0.1) is 17.7 Å². The van der Waals surface area contributed by atoms with E-state index in [-0.39, 0.29) is 17.3 Å². The number of carbonyl (C=O) groups is 1. The van der Waals surface area contributed by atoms with E-state index in [1.54, 1.807) is 12.4 Å². The van der Waals surface area contributed by atoms with Crippen LogP contribution < -0.4 is 0 Å². The molecule has 2 aliphatic rings. The third-order valence-corrected chi connectivity index (χ3v) is 7.62. The normalized spacial score (nSPS) is 22.0. The smallest absolute Gasteiger partial charge is 0.168 e. The van der Waals surface area contributed by atoms with Crippen molar-refractivity contribution in [2.24, 2.45) is 5.92 Å². The summed E-state index contributed by atoms with van der Waals surface area (Å²) in [5.41, 5.74) is 5.32. The van der Waals surface area contributed by atoms with Gasteiger partial charge >= 0.3 is 0 Å². The van der Waals surface area contributed by atoms with Crippen molar-refractivity contribution in [3.8, 4) is 0 Å². The summed E-state index contributed by atoms with van der Waals surface area (Å²) < 4.78 is 8.43. The van der Waals surface area contributed by atoms with Crippen LogP contribution >= 0.6 is 11.6 Å². The third kappa shape index (κ3) is 3.58. The van der Waals surface area contributed by atoms with Crippen LogP contribution in [0.1, 0.15) is 52.7 Å². The summed E-state index contributed by atoms with van der Waals surface area (Å²) in [6.07, 6.45) is 9.07. The van der Waals surface area contributed by atoms with Gasteiger partial charge in [-0.05, 0) is 66.6 Å². The second kappa shape index (κ2) is 8.12. The maximum absolute atomic E-state index is 13.7. The van der Waals surface area contributed by atoms with Gasteiger partial charge in [0.25, 0.3) is 0 Å². The van der Waals surface area contributed by atoms with Crippen LogP contribution in [0.25, 0.3) is 10.9 Å². The molecule has 2 aromatic heterocycles. The zero-order valence-electron chi connectivity index (χ0n) is 18.3. The minimum Gasteiger partial charge on any atom is -0.366 e. The van der Waals surface area contributed by atoms with Gasteiger partial charge in [0.15, 0.2) is 5.78 Å². The molecule has 1 aliphatic heterocycles. The van der Waals surface area contributed by atoms with Gasteiger partial charge in [0, 0.05) is 47.0 Å². The highest BCUT2D eigenvalue weighted by Crippen LogP contribution is 2.48. The third-order valence-electron chi connectivity index (χ3n) is 7.39. The molecule has 4 nitrogen and oxygen atoms in total. The number of aromatic nitrogens is 2. The molecule has 0 bridgehead atoms. The van der Waals surface area contributed by atoms with E-state index < -0.39 is 0 Å². The number of Topliss-reactive ketones (excluding diaryl/α,β-unsaturated/α-hetero) is 1. The first kappa shape index (κ1) is 20.6. The predicted molar refractivity (Wildman–Crippen MR) is 129 cm³/mol. The monoisotopic (exact) mass is 456 g/mol. The lowest BCUT2D eigenvalue weighted by Crippen LogP contribution is -2.33. The van der Waals surface area contributed by atoms with E-state index in [1.807, 2.05) is 36.5 Å². The number of hydrogen-bond acceptors (Lipinski definition) is 3. The molecule has 33 heavy (non-hydrogen) atoms. The molecule has 1 fully saturated rings. The summed E-state index contributed by atoms with van der Waals surface area (Å²) in [5, 5.41) is 1.65. The topological polar surface area (TPSA) is 44.1 Å². The van der Waals surface area contributed by atoms with Gasteiger partial charge in [-0.3, -0.25) is 9.78 Å². The molecule has 1 saturated carbocycles. The fraction of sp³-hybridized carbons (Fsp3) is 0.286. The molecule has 5 heteroatoms. The van der Waals surface area contributed by atoms with Crippen molar-refractivity contribution in [3.05, 3.63) is 100 Å². The molecule has 0 N–H and O–H groups in total. The number of ketones is 1.